The van der Waals surface area contributed by atoms with Gasteiger partial charge in [-0.05, 0) is 24.3 Å². The molecule has 9 heteroatoms. The van der Waals surface area contributed by atoms with E-state index < -0.39 is 10.2 Å². The molecule has 24 heavy (non-hydrogen) atoms. The molecule has 132 valence electrons. The van der Waals surface area contributed by atoms with E-state index in [2.05, 4.69) is 0 Å². The molecule has 0 atom stereocenters. The molecule has 8 nitrogen and oxygen atoms in total. The highest BCUT2D eigenvalue weighted by Gasteiger charge is 2.23. The minimum atomic E-state index is -3.56. The summed E-state index contributed by atoms with van der Waals surface area (Å²) in [4.78, 5) is 26.5. The fourth-order valence-electron chi connectivity index (χ4n) is 2.41. The molecule has 0 radical (unpaired) electrons. The van der Waals surface area contributed by atoms with Gasteiger partial charge in [0.25, 0.3) is 5.91 Å². The number of anilines is 1. The molecule has 0 saturated carbocycles. The maximum atomic E-state index is 12.5. The lowest BCUT2D eigenvalue weighted by atomic mass is 10.1. The Morgan fingerprint density at radius 2 is 1.58 bits per heavy atom. The Bertz CT molecular complexity index is 695. The van der Waals surface area contributed by atoms with Crippen LogP contribution in [0.3, 0.4) is 0 Å². The molecular formula is C15H22N4O4S. The fraction of sp³-hybridized carbons (Fsp3) is 0.467. The smallest absolute Gasteiger partial charge is 0.303 e. The minimum absolute atomic E-state index is 0.120. The van der Waals surface area contributed by atoms with Gasteiger partial charge in [0.15, 0.2) is 0 Å². The first-order chi connectivity index (χ1) is 11.3. The zero-order valence-electron chi connectivity index (χ0n) is 14.0. The Labute approximate surface area is 142 Å². The Balaban J connectivity index is 2.09. The van der Waals surface area contributed by atoms with E-state index in [0.29, 0.717) is 37.4 Å². The van der Waals surface area contributed by atoms with Crippen molar-refractivity contribution in [2.24, 2.45) is 0 Å². The highest BCUT2D eigenvalue weighted by atomic mass is 32.2. The number of amides is 2. The Hall–Kier alpha value is -2.13. The summed E-state index contributed by atoms with van der Waals surface area (Å²) in [5.74, 6) is -0.120. The number of piperazine rings is 1. The number of hydrogen-bond donors (Lipinski definition) is 0. The second-order valence-corrected chi connectivity index (χ2v) is 7.91. The molecule has 1 fully saturated rings. The third-order valence-electron chi connectivity index (χ3n) is 4.04. The van der Waals surface area contributed by atoms with Crippen molar-refractivity contribution in [1.29, 1.82) is 0 Å². The van der Waals surface area contributed by atoms with E-state index in [4.69, 9.17) is 0 Å². The molecule has 2 rings (SSSR count). The zero-order chi connectivity index (χ0) is 17.9. The van der Waals surface area contributed by atoms with Gasteiger partial charge in [-0.3, -0.25) is 13.9 Å². The van der Waals surface area contributed by atoms with Gasteiger partial charge in [-0.2, -0.15) is 12.7 Å². The lowest BCUT2D eigenvalue weighted by molar-refractivity contribution is -0.119. The Morgan fingerprint density at radius 3 is 2.04 bits per heavy atom. The van der Waals surface area contributed by atoms with Gasteiger partial charge in [-0.1, -0.05) is 0 Å². The van der Waals surface area contributed by atoms with E-state index in [-0.39, 0.29) is 5.91 Å². The minimum Gasteiger partial charge on any atom is -0.342 e. The SMILES string of the molecule is CN(C)S(=O)(=O)N(C)c1ccc(C(=O)N2CCN(C=O)CC2)cc1. The standard InChI is InChI=1S/C15H22N4O4S/c1-16(2)24(22,23)17(3)14-6-4-13(5-7-14)15(21)19-10-8-18(12-20)9-11-19/h4-7,12H,8-11H2,1-3H3. The van der Waals surface area contributed by atoms with Crippen molar-refractivity contribution in [1.82, 2.24) is 14.1 Å². The predicted molar refractivity (Wildman–Crippen MR) is 91.0 cm³/mol. The normalized spacial score (nSPS) is 15.5. The number of carbonyl (C=O) groups is 2. The second-order valence-electron chi connectivity index (χ2n) is 5.74. The van der Waals surface area contributed by atoms with Gasteiger partial charge in [0.05, 0.1) is 5.69 Å². The average Bonchev–Trinajstić information content (AvgIpc) is 2.60. The molecule has 0 N–H and O–H groups in total. The van der Waals surface area contributed by atoms with Crippen molar-refractivity contribution in [2.75, 3.05) is 51.6 Å². The molecule has 1 aliphatic rings. The van der Waals surface area contributed by atoms with Crippen LogP contribution in [0.25, 0.3) is 0 Å². The molecular weight excluding hydrogens is 332 g/mol. The second kappa shape index (κ2) is 7.18. The predicted octanol–water partition coefficient (Wildman–Crippen LogP) is -0.157. The summed E-state index contributed by atoms with van der Waals surface area (Å²) >= 11 is 0. The summed E-state index contributed by atoms with van der Waals surface area (Å²) in [5, 5.41) is 0. The lowest BCUT2D eigenvalue weighted by Gasteiger charge is -2.32. The third-order valence-corrected chi connectivity index (χ3v) is 5.86. The van der Waals surface area contributed by atoms with Crippen molar-refractivity contribution in [2.45, 2.75) is 0 Å². The van der Waals surface area contributed by atoms with Gasteiger partial charge in [0, 0.05) is 52.9 Å². The molecule has 1 aromatic carbocycles. The third kappa shape index (κ3) is 3.68. The first kappa shape index (κ1) is 18.2. The van der Waals surface area contributed by atoms with Crippen LogP contribution in [0, 0.1) is 0 Å². The van der Waals surface area contributed by atoms with Crippen molar-refractivity contribution in [3.63, 3.8) is 0 Å². The lowest BCUT2D eigenvalue weighted by Crippen LogP contribution is -2.48. The van der Waals surface area contributed by atoms with Gasteiger partial charge in [-0.25, -0.2) is 0 Å². The van der Waals surface area contributed by atoms with E-state index in [1.54, 1.807) is 34.1 Å². The molecule has 1 saturated heterocycles. The molecule has 0 unspecified atom stereocenters. The number of nitrogens with zero attached hydrogens (tertiary/aromatic N) is 4. The summed E-state index contributed by atoms with van der Waals surface area (Å²) in [6.07, 6.45) is 0.789. The molecule has 0 aromatic heterocycles. The molecule has 1 aromatic rings. The quantitative estimate of drug-likeness (QED) is 0.689. The maximum Gasteiger partial charge on any atom is 0.303 e. The van der Waals surface area contributed by atoms with Crippen molar-refractivity contribution in [3.8, 4) is 0 Å². The monoisotopic (exact) mass is 354 g/mol. The molecule has 0 aliphatic carbocycles. The van der Waals surface area contributed by atoms with Crippen LogP contribution in [0.4, 0.5) is 5.69 Å². The van der Waals surface area contributed by atoms with Gasteiger partial charge in [-0.15, -0.1) is 0 Å². The van der Waals surface area contributed by atoms with Crippen molar-refractivity contribution < 1.29 is 18.0 Å². The molecule has 0 bridgehead atoms. The highest BCUT2D eigenvalue weighted by Crippen LogP contribution is 2.19. The van der Waals surface area contributed by atoms with Crippen LogP contribution < -0.4 is 4.31 Å². The first-order valence-corrected chi connectivity index (χ1v) is 8.92. The molecule has 1 heterocycles. The van der Waals surface area contributed by atoms with E-state index in [0.717, 1.165) is 15.0 Å². The van der Waals surface area contributed by atoms with Gasteiger partial charge < -0.3 is 9.80 Å². The van der Waals surface area contributed by atoms with Crippen LogP contribution in [0.15, 0.2) is 24.3 Å². The van der Waals surface area contributed by atoms with Gasteiger partial charge in [0.2, 0.25) is 6.41 Å². The van der Waals surface area contributed by atoms with Crippen LogP contribution in [-0.2, 0) is 15.0 Å². The van der Waals surface area contributed by atoms with Crippen LogP contribution in [0.5, 0.6) is 0 Å². The van der Waals surface area contributed by atoms with E-state index in [1.807, 2.05) is 0 Å². The number of carbonyl (C=O) groups excluding carboxylic acids is 2. The highest BCUT2D eigenvalue weighted by molar-refractivity contribution is 7.90. The largest absolute Gasteiger partial charge is 0.342 e. The van der Waals surface area contributed by atoms with Crippen molar-refractivity contribution in [3.05, 3.63) is 29.8 Å². The maximum absolute atomic E-state index is 12.5. The first-order valence-electron chi connectivity index (χ1n) is 7.52. The van der Waals surface area contributed by atoms with Gasteiger partial charge >= 0.3 is 10.2 Å². The van der Waals surface area contributed by atoms with Crippen molar-refractivity contribution >= 4 is 28.2 Å². The number of hydrogen-bond acceptors (Lipinski definition) is 4. The molecule has 2 amide bonds. The summed E-state index contributed by atoms with van der Waals surface area (Å²) in [6.45, 7) is 2.04. The van der Waals surface area contributed by atoms with E-state index in [9.17, 15) is 18.0 Å². The molecule has 0 spiro atoms. The number of benzene rings is 1. The zero-order valence-corrected chi connectivity index (χ0v) is 14.9. The van der Waals surface area contributed by atoms with Crippen LogP contribution in [0.1, 0.15) is 10.4 Å². The van der Waals surface area contributed by atoms with Gasteiger partial charge in [0.1, 0.15) is 0 Å². The van der Waals surface area contributed by atoms with Crippen LogP contribution >= 0.6 is 0 Å². The summed E-state index contributed by atoms with van der Waals surface area (Å²) < 4.78 is 26.5. The van der Waals surface area contributed by atoms with E-state index in [1.165, 1.54) is 21.1 Å². The summed E-state index contributed by atoms with van der Waals surface area (Å²) in [7, 11) is 0.825. The number of rotatable bonds is 5. The Kier molecular flexibility index (Phi) is 5.45. The topological polar surface area (TPSA) is 81.2 Å². The molecule has 1 aliphatic heterocycles. The Morgan fingerprint density at radius 1 is 1.04 bits per heavy atom. The van der Waals surface area contributed by atoms with Crippen LogP contribution in [0.2, 0.25) is 0 Å². The summed E-state index contributed by atoms with van der Waals surface area (Å²) in [5.41, 5.74) is 0.972. The summed E-state index contributed by atoms with van der Waals surface area (Å²) in [6, 6.07) is 6.45. The fourth-order valence-corrected chi connectivity index (χ4v) is 3.28. The van der Waals surface area contributed by atoms with Crippen LogP contribution in [-0.4, -0.2) is 82.2 Å². The van der Waals surface area contributed by atoms with E-state index >= 15 is 0 Å². The average molecular weight is 354 g/mol.